The van der Waals surface area contributed by atoms with Crippen LogP contribution in [-0.2, 0) is 4.74 Å². The third-order valence-corrected chi connectivity index (χ3v) is 5.58. The zero-order chi connectivity index (χ0) is 14.2. The molecular weight excluding hydrogens is 338 g/mol. The second-order valence-corrected chi connectivity index (χ2v) is 7.63. The molecule has 110 valence electrons. The van der Waals surface area contributed by atoms with Crippen LogP contribution in [0.25, 0.3) is 0 Å². The molecule has 1 aromatic carbocycles. The van der Waals surface area contributed by atoms with Crippen molar-refractivity contribution in [2.24, 2.45) is 5.92 Å². The van der Waals surface area contributed by atoms with Crippen molar-refractivity contribution in [2.45, 2.75) is 44.2 Å². The lowest BCUT2D eigenvalue weighted by Crippen LogP contribution is -2.56. The van der Waals surface area contributed by atoms with Crippen molar-refractivity contribution in [3.05, 3.63) is 33.3 Å². The summed E-state index contributed by atoms with van der Waals surface area (Å²) in [6.07, 6.45) is 5.14. The van der Waals surface area contributed by atoms with E-state index in [-0.39, 0.29) is 11.6 Å². The monoisotopic (exact) mass is 357 g/mol. The Kier molecular flexibility index (Phi) is 4.42. The Morgan fingerprint density at radius 3 is 2.70 bits per heavy atom. The highest BCUT2D eigenvalue weighted by molar-refractivity contribution is 9.10. The highest BCUT2D eigenvalue weighted by Crippen LogP contribution is 2.37. The lowest BCUT2D eigenvalue weighted by molar-refractivity contribution is -0.0503. The van der Waals surface area contributed by atoms with E-state index in [0.29, 0.717) is 0 Å². The summed E-state index contributed by atoms with van der Waals surface area (Å²) in [7, 11) is 0. The quantitative estimate of drug-likeness (QED) is 0.785. The van der Waals surface area contributed by atoms with Crippen molar-refractivity contribution in [1.29, 1.82) is 0 Å². The first-order valence-electron chi connectivity index (χ1n) is 7.40. The Morgan fingerprint density at radius 2 is 2.10 bits per heavy atom. The molecule has 2 aliphatic rings. The molecule has 1 saturated carbocycles. The summed E-state index contributed by atoms with van der Waals surface area (Å²) in [5.74, 6) is 0.862. The molecule has 0 aromatic heterocycles. The molecule has 1 heterocycles. The third kappa shape index (κ3) is 3.06. The lowest BCUT2D eigenvalue weighted by Gasteiger charge is -2.45. The van der Waals surface area contributed by atoms with Crippen molar-refractivity contribution in [1.82, 2.24) is 5.32 Å². The average molecular weight is 359 g/mol. The van der Waals surface area contributed by atoms with E-state index in [0.717, 1.165) is 34.1 Å². The molecule has 2 nitrogen and oxygen atoms in total. The van der Waals surface area contributed by atoms with E-state index in [4.69, 9.17) is 16.3 Å². The molecule has 1 saturated heterocycles. The standard InChI is InChI=1S/C16H21BrClNO/c1-11-4-6-16(7-5-11)10-20-15(9-19-16)13-3-2-12(17)8-14(13)18/h2-3,8,11,15,19H,4-7,9-10H2,1H3. The van der Waals surface area contributed by atoms with Gasteiger partial charge in [-0.1, -0.05) is 40.5 Å². The van der Waals surface area contributed by atoms with Crippen LogP contribution >= 0.6 is 27.5 Å². The Morgan fingerprint density at radius 1 is 1.35 bits per heavy atom. The molecule has 1 atom stereocenters. The van der Waals surface area contributed by atoms with Gasteiger partial charge in [0.15, 0.2) is 0 Å². The zero-order valence-electron chi connectivity index (χ0n) is 11.8. The van der Waals surface area contributed by atoms with E-state index >= 15 is 0 Å². The van der Waals surface area contributed by atoms with Gasteiger partial charge in [0.25, 0.3) is 0 Å². The minimum absolute atomic E-state index is 0.0700. The van der Waals surface area contributed by atoms with Crippen LogP contribution in [-0.4, -0.2) is 18.7 Å². The molecule has 0 amide bonds. The van der Waals surface area contributed by atoms with Crippen molar-refractivity contribution in [3.63, 3.8) is 0 Å². The molecule has 1 aromatic rings. The predicted octanol–water partition coefficient (Wildman–Crippen LogP) is 4.71. The lowest BCUT2D eigenvalue weighted by atomic mass is 9.77. The van der Waals surface area contributed by atoms with Crippen LogP contribution in [0.1, 0.15) is 44.3 Å². The Bertz CT molecular complexity index is 475. The van der Waals surface area contributed by atoms with Crippen molar-refractivity contribution in [2.75, 3.05) is 13.2 Å². The highest BCUT2D eigenvalue weighted by Gasteiger charge is 2.38. The second-order valence-electron chi connectivity index (χ2n) is 6.31. The number of halogens is 2. The number of benzene rings is 1. The highest BCUT2D eigenvalue weighted by atomic mass is 79.9. The molecule has 1 unspecified atom stereocenters. The van der Waals surface area contributed by atoms with Gasteiger partial charge in [-0.2, -0.15) is 0 Å². The molecule has 0 radical (unpaired) electrons. The average Bonchev–Trinajstić information content (AvgIpc) is 2.44. The number of rotatable bonds is 1. The van der Waals surface area contributed by atoms with Crippen molar-refractivity contribution < 1.29 is 4.74 Å². The maximum atomic E-state index is 6.32. The summed E-state index contributed by atoms with van der Waals surface area (Å²) in [5.41, 5.74) is 1.30. The van der Waals surface area contributed by atoms with Gasteiger partial charge >= 0.3 is 0 Å². The number of nitrogens with one attached hydrogen (secondary N) is 1. The molecule has 20 heavy (non-hydrogen) atoms. The Balaban J connectivity index is 1.66. The summed E-state index contributed by atoms with van der Waals surface area (Å²) in [5, 5.41) is 4.53. The van der Waals surface area contributed by atoms with Gasteiger partial charge in [-0.05, 0) is 43.7 Å². The summed E-state index contributed by atoms with van der Waals surface area (Å²) in [6.45, 7) is 4.01. The van der Waals surface area contributed by atoms with E-state index in [1.807, 2.05) is 12.1 Å². The second kappa shape index (κ2) is 5.96. The maximum absolute atomic E-state index is 6.32. The number of hydrogen-bond acceptors (Lipinski definition) is 2. The molecule has 1 spiro atoms. The molecule has 3 rings (SSSR count). The summed E-state index contributed by atoms with van der Waals surface area (Å²) in [4.78, 5) is 0. The van der Waals surface area contributed by atoms with Gasteiger partial charge in [0.1, 0.15) is 0 Å². The van der Waals surface area contributed by atoms with Crippen LogP contribution in [0.5, 0.6) is 0 Å². The van der Waals surface area contributed by atoms with Gasteiger partial charge in [0, 0.05) is 27.1 Å². The topological polar surface area (TPSA) is 21.3 Å². The van der Waals surface area contributed by atoms with E-state index in [9.17, 15) is 0 Å². The molecule has 1 N–H and O–H groups in total. The van der Waals surface area contributed by atoms with Gasteiger partial charge in [-0.25, -0.2) is 0 Å². The van der Waals surface area contributed by atoms with Gasteiger partial charge in [0.2, 0.25) is 0 Å². The summed E-state index contributed by atoms with van der Waals surface area (Å²) in [6, 6.07) is 6.02. The fraction of sp³-hybridized carbons (Fsp3) is 0.625. The van der Waals surface area contributed by atoms with E-state index in [2.05, 4.69) is 34.2 Å². The minimum Gasteiger partial charge on any atom is -0.370 e. The normalized spacial score (nSPS) is 34.4. The first-order chi connectivity index (χ1) is 9.58. The number of morpholine rings is 1. The molecule has 1 aliphatic heterocycles. The minimum atomic E-state index is 0.0700. The fourth-order valence-corrected chi connectivity index (χ4v) is 4.07. The van der Waals surface area contributed by atoms with Crippen LogP contribution < -0.4 is 5.32 Å². The Labute approximate surface area is 134 Å². The third-order valence-electron chi connectivity index (χ3n) is 4.76. The van der Waals surface area contributed by atoms with Crippen LogP contribution in [0.15, 0.2) is 22.7 Å². The first kappa shape index (κ1) is 14.8. The molecule has 1 aliphatic carbocycles. The molecular formula is C16H21BrClNO. The van der Waals surface area contributed by atoms with Gasteiger partial charge in [-0.15, -0.1) is 0 Å². The van der Waals surface area contributed by atoms with E-state index < -0.39 is 0 Å². The zero-order valence-corrected chi connectivity index (χ0v) is 14.1. The maximum Gasteiger partial charge on any atom is 0.0964 e. The smallest absolute Gasteiger partial charge is 0.0964 e. The summed E-state index contributed by atoms with van der Waals surface area (Å²) >= 11 is 9.76. The van der Waals surface area contributed by atoms with Gasteiger partial charge in [0.05, 0.1) is 12.7 Å². The van der Waals surface area contributed by atoms with Crippen LogP contribution in [0.2, 0.25) is 5.02 Å². The number of hydrogen-bond donors (Lipinski definition) is 1. The largest absolute Gasteiger partial charge is 0.370 e. The molecule has 0 bridgehead atoms. The molecule has 2 fully saturated rings. The summed E-state index contributed by atoms with van der Waals surface area (Å²) < 4.78 is 7.16. The first-order valence-corrected chi connectivity index (χ1v) is 8.57. The van der Waals surface area contributed by atoms with Crippen LogP contribution in [0.4, 0.5) is 0 Å². The van der Waals surface area contributed by atoms with E-state index in [1.165, 1.54) is 25.7 Å². The van der Waals surface area contributed by atoms with Crippen molar-refractivity contribution >= 4 is 27.5 Å². The molecule has 4 heteroatoms. The Hall–Kier alpha value is -0.0900. The fourth-order valence-electron chi connectivity index (χ4n) is 3.28. The van der Waals surface area contributed by atoms with Crippen molar-refractivity contribution in [3.8, 4) is 0 Å². The van der Waals surface area contributed by atoms with Crippen LogP contribution in [0.3, 0.4) is 0 Å². The van der Waals surface area contributed by atoms with Gasteiger partial charge in [-0.3, -0.25) is 0 Å². The van der Waals surface area contributed by atoms with Crippen LogP contribution in [0, 0.1) is 5.92 Å². The predicted molar refractivity (Wildman–Crippen MR) is 86.2 cm³/mol. The van der Waals surface area contributed by atoms with E-state index in [1.54, 1.807) is 0 Å². The van der Waals surface area contributed by atoms with Gasteiger partial charge < -0.3 is 10.1 Å². The number of ether oxygens (including phenoxy) is 1. The SMILES string of the molecule is CC1CCC2(CC1)COC(c1ccc(Br)cc1Cl)CN2.